The fourth-order valence-electron chi connectivity index (χ4n) is 2.48. The van der Waals surface area contributed by atoms with Crippen molar-refractivity contribution >= 4 is 28.7 Å². The van der Waals surface area contributed by atoms with Crippen LogP contribution in [0.4, 0.5) is 10.5 Å². The molecule has 130 valence electrons. The zero-order valence-electron chi connectivity index (χ0n) is 14.2. The molecule has 1 atom stereocenters. The Morgan fingerprint density at radius 1 is 1.46 bits per heavy atom. The summed E-state index contributed by atoms with van der Waals surface area (Å²) in [5, 5.41) is 14.0. The molecule has 0 bridgehead atoms. The molecule has 2 rings (SSSR count). The molecule has 1 aliphatic rings. The van der Waals surface area contributed by atoms with Gasteiger partial charge in [0.15, 0.2) is 5.17 Å². The Bertz CT molecular complexity index is 682. The van der Waals surface area contributed by atoms with Crippen LogP contribution in [0.15, 0.2) is 23.2 Å². The Morgan fingerprint density at radius 3 is 2.75 bits per heavy atom. The van der Waals surface area contributed by atoms with Crippen LogP contribution in [0.5, 0.6) is 0 Å². The monoisotopic (exact) mass is 351 g/mol. The van der Waals surface area contributed by atoms with Crippen molar-refractivity contribution in [3.8, 4) is 0 Å². The lowest BCUT2D eigenvalue weighted by Gasteiger charge is -2.20. The van der Waals surface area contributed by atoms with Gasteiger partial charge in [0.25, 0.3) is 5.69 Å². The van der Waals surface area contributed by atoms with Crippen LogP contribution in [0.2, 0.25) is 0 Å². The van der Waals surface area contributed by atoms with Gasteiger partial charge in [0.05, 0.1) is 11.0 Å². The summed E-state index contributed by atoms with van der Waals surface area (Å²) in [6, 6.07) is 4.67. The minimum atomic E-state index is -0.589. The molecule has 8 heteroatoms. The highest BCUT2D eigenvalue weighted by atomic mass is 32.2. The van der Waals surface area contributed by atoms with E-state index < -0.39 is 16.6 Å². The zero-order chi connectivity index (χ0) is 17.9. The number of carbonyl (C=O) groups is 1. The molecule has 0 saturated heterocycles. The number of nitro groups is 1. The van der Waals surface area contributed by atoms with Crippen LogP contribution in [-0.2, 0) is 11.2 Å². The smallest absolute Gasteiger partial charge is 0.413 e. The van der Waals surface area contributed by atoms with E-state index in [1.807, 2.05) is 0 Å². The van der Waals surface area contributed by atoms with Crippen LogP contribution in [-0.4, -0.2) is 28.0 Å². The first kappa shape index (κ1) is 18.3. The number of nitrogens with one attached hydrogen (secondary N) is 1. The van der Waals surface area contributed by atoms with Gasteiger partial charge >= 0.3 is 6.09 Å². The van der Waals surface area contributed by atoms with E-state index in [2.05, 4.69) is 10.3 Å². The minimum Gasteiger partial charge on any atom is -0.444 e. The van der Waals surface area contributed by atoms with E-state index in [0.717, 1.165) is 24.0 Å². The van der Waals surface area contributed by atoms with E-state index in [4.69, 9.17) is 4.74 Å². The van der Waals surface area contributed by atoms with Gasteiger partial charge in [-0.2, -0.15) is 0 Å². The molecule has 0 aromatic heterocycles. The Hall–Kier alpha value is -2.09. The largest absolute Gasteiger partial charge is 0.444 e. The van der Waals surface area contributed by atoms with Crippen LogP contribution in [0, 0.1) is 10.1 Å². The molecule has 7 nitrogen and oxygen atoms in total. The van der Waals surface area contributed by atoms with Crippen molar-refractivity contribution in [2.75, 3.05) is 6.26 Å². The number of thioether (sulfide) groups is 1. The summed E-state index contributed by atoms with van der Waals surface area (Å²) in [6.07, 6.45) is 2.82. The van der Waals surface area contributed by atoms with Gasteiger partial charge in [-0.25, -0.2) is 4.79 Å². The predicted octanol–water partition coefficient (Wildman–Crippen LogP) is 3.83. The summed E-state index contributed by atoms with van der Waals surface area (Å²) in [5.74, 6) is 0. The number of non-ortho nitro benzene ring substituents is 1. The molecule has 0 spiro atoms. The summed E-state index contributed by atoms with van der Waals surface area (Å²) >= 11 is 1.30. The van der Waals surface area contributed by atoms with E-state index in [0.29, 0.717) is 5.17 Å². The van der Waals surface area contributed by atoms with Crippen molar-refractivity contribution in [1.82, 2.24) is 5.32 Å². The maximum absolute atomic E-state index is 11.9. The van der Waals surface area contributed by atoms with E-state index in [9.17, 15) is 14.9 Å². The highest BCUT2D eigenvalue weighted by molar-refractivity contribution is 8.13. The summed E-state index contributed by atoms with van der Waals surface area (Å²) in [7, 11) is 0. The Labute approximate surface area is 145 Å². The first-order valence-electron chi connectivity index (χ1n) is 7.58. The lowest BCUT2D eigenvalue weighted by molar-refractivity contribution is -0.384. The quantitative estimate of drug-likeness (QED) is 0.378. The first-order valence-corrected chi connectivity index (χ1v) is 8.81. The number of benzene rings is 1. The molecule has 1 aromatic rings. The number of fused-ring (bicyclic) bond motifs is 1. The number of nitro benzene ring substituents is 1. The van der Waals surface area contributed by atoms with Gasteiger partial charge in [0.2, 0.25) is 0 Å². The standard InChI is InChI=1S/C16H21N3O4S/c1-16(2,3)23-15(20)18-14(24-4)17-13-8-6-10-5-7-11(19(21)22)9-12(10)13/h5,7,9,13H,6,8H2,1-4H3,(H,17,18,20). The summed E-state index contributed by atoms with van der Waals surface area (Å²) in [6.45, 7) is 5.36. The van der Waals surface area contributed by atoms with Crippen molar-refractivity contribution in [1.29, 1.82) is 0 Å². The number of nitrogens with zero attached hydrogens (tertiary/aromatic N) is 2. The molecule has 0 heterocycles. The molecule has 1 aliphatic carbocycles. The van der Waals surface area contributed by atoms with E-state index in [-0.39, 0.29) is 11.7 Å². The summed E-state index contributed by atoms with van der Waals surface area (Å²) < 4.78 is 5.22. The van der Waals surface area contributed by atoms with Crippen LogP contribution >= 0.6 is 11.8 Å². The predicted molar refractivity (Wildman–Crippen MR) is 94.5 cm³/mol. The van der Waals surface area contributed by atoms with E-state index >= 15 is 0 Å². The molecule has 0 radical (unpaired) electrons. The van der Waals surface area contributed by atoms with E-state index in [1.54, 1.807) is 39.2 Å². The van der Waals surface area contributed by atoms with Gasteiger partial charge in [-0.05, 0) is 51.0 Å². The average Bonchev–Trinajstić information content (AvgIpc) is 2.86. The van der Waals surface area contributed by atoms with Crippen LogP contribution < -0.4 is 5.32 Å². The highest BCUT2D eigenvalue weighted by Gasteiger charge is 2.25. The number of ether oxygens (including phenoxy) is 1. The van der Waals surface area contributed by atoms with E-state index in [1.165, 1.54) is 17.8 Å². The minimum absolute atomic E-state index is 0.0571. The number of alkyl carbamates (subject to hydrolysis) is 1. The number of amides is 1. The van der Waals surface area contributed by atoms with Gasteiger partial charge in [0, 0.05) is 12.1 Å². The second kappa shape index (κ2) is 7.21. The molecule has 1 unspecified atom stereocenters. The Kier molecular flexibility index (Phi) is 5.48. The SMILES string of the molecule is CSC(=NC1CCc2ccc([N+](=O)[O-])cc21)NC(=O)OC(C)(C)C. The third kappa shape index (κ3) is 4.70. The molecule has 1 N–H and O–H groups in total. The number of aliphatic imine (C=N–C) groups is 1. The number of aryl methyl sites for hydroxylation is 1. The van der Waals surface area contributed by atoms with Crippen LogP contribution in [0.3, 0.4) is 0 Å². The van der Waals surface area contributed by atoms with Crippen molar-refractivity contribution in [3.05, 3.63) is 39.4 Å². The third-order valence-corrected chi connectivity index (χ3v) is 4.05. The lowest BCUT2D eigenvalue weighted by atomic mass is 10.1. The number of rotatable bonds is 2. The number of hydrogen-bond donors (Lipinski definition) is 1. The fraction of sp³-hybridized carbons (Fsp3) is 0.500. The van der Waals surface area contributed by atoms with Crippen LogP contribution in [0.1, 0.15) is 44.4 Å². The molecule has 0 aliphatic heterocycles. The number of carbonyl (C=O) groups excluding carboxylic acids is 1. The van der Waals surface area contributed by atoms with Crippen molar-refractivity contribution in [2.45, 2.75) is 45.3 Å². The van der Waals surface area contributed by atoms with Crippen molar-refractivity contribution < 1.29 is 14.5 Å². The maximum atomic E-state index is 11.9. The second-order valence-electron chi connectivity index (χ2n) is 6.46. The summed E-state index contributed by atoms with van der Waals surface area (Å²) in [4.78, 5) is 27.0. The molecular formula is C16H21N3O4S. The third-order valence-electron chi connectivity index (χ3n) is 3.46. The van der Waals surface area contributed by atoms with Gasteiger partial charge in [-0.1, -0.05) is 17.8 Å². The normalized spacial score (nSPS) is 17.3. The number of amidine groups is 1. The Morgan fingerprint density at radius 2 is 2.17 bits per heavy atom. The topological polar surface area (TPSA) is 93.8 Å². The fourth-order valence-corrected chi connectivity index (χ4v) is 2.90. The van der Waals surface area contributed by atoms with Gasteiger partial charge in [-0.3, -0.25) is 20.4 Å². The highest BCUT2D eigenvalue weighted by Crippen LogP contribution is 2.36. The van der Waals surface area contributed by atoms with Gasteiger partial charge in [-0.15, -0.1) is 0 Å². The Balaban J connectivity index is 2.17. The second-order valence-corrected chi connectivity index (χ2v) is 7.25. The molecule has 0 fully saturated rings. The van der Waals surface area contributed by atoms with Gasteiger partial charge < -0.3 is 4.74 Å². The molecular weight excluding hydrogens is 330 g/mol. The first-order chi connectivity index (χ1) is 11.2. The lowest BCUT2D eigenvalue weighted by Crippen LogP contribution is -2.35. The summed E-state index contributed by atoms with van der Waals surface area (Å²) in [5.41, 5.74) is 1.38. The van der Waals surface area contributed by atoms with Crippen LogP contribution in [0.25, 0.3) is 0 Å². The van der Waals surface area contributed by atoms with Crippen molar-refractivity contribution in [2.24, 2.45) is 4.99 Å². The average molecular weight is 351 g/mol. The van der Waals surface area contributed by atoms with Gasteiger partial charge in [0.1, 0.15) is 5.60 Å². The molecule has 1 aromatic carbocycles. The zero-order valence-corrected chi connectivity index (χ0v) is 15.0. The number of hydrogen-bond acceptors (Lipinski definition) is 6. The maximum Gasteiger partial charge on any atom is 0.413 e. The molecule has 0 saturated carbocycles. The molecule has 1 amide bonds. The molecule has 24 heavy (non-hydrogen) atoms. The van der Waals surface area contributed by atoms with Crippen molar-refractivity contribution in [3.63, 3.8) is 0 Å².